The van der Waals surface area contributed by atoms with Crippen LogP contribution in [0.15, 0.2) is 103 Å². The van der Waals surface area contributed by atoms with Gasteiger partial charge in [0.05, 0.1) is 17.8 Å². The molecule has 0 saturated carbocycles. The molecule has 3 heterocycles. The SMILES string of the molecule is Cc1ccc(Nc2nccc(-c3c(-c4cccc(NC(=O)Cc5ccccc5)c4)nc4sccn34)n2)cc1. The molecule has 0 spiro atoms. The van der Waals surface area contributed by atoms with E-state index in [0.29, 0.717) is 12.4 Å². The van der Waals surface area contributed by atoms with Crippen LogP contribution in [0.3, 0.4) is 0 Å². The summed E-state index contributed by atoms with van der Waals surface area (Å²) in [6.07, 6.45) is 4.05. The zero-order chi connectivity index (χ0) is 25.9. The quantitative estimate of drug-likeness (QED) is 0.245. The van der Waals surface area contributed by atoms with Crippen LogP contribution >= 0.6 is 11.3 Å². The minimum absolute atomic E-state index is 0.0676. The molecule has 1 amide bonds. The molecular weight excluding hydrogens is 492 g/mol. The van der Waals surface area contributed by atoms with Crippen molar-refractivity contribution in [2.45, 2.75) is 13.3 Å². The molecule has 3 aromatic heterocycles. The maximum Gasteiger partial charge on any atom is 0.228 e. The summed E-state index contributed by atoms with van der Waals surface area (Å²) in [7, 11) is 0. The lowest BCUT2D eigenvalue weighted by molar-refractivity contribution is -0.115. The van der Waals surface area contributed by atoms with Crippen LogP contribution in [0.4, 0.5) is 17.3 Å². The van der Waals surface area contributed by atoms with Crippen molar-refractivity contribution >= 4 is 39.5 Å². The van der Waals surface area contributed by atoms with Crippen LogP contribution < -0.4 is 10.6 Å². The Morgan fingerprint density at radius 1 is 0.921 bits per heavy atom. The molecule has 8 heteroatoms. The second-order valence-corrected chi connectivity index (χ2v) is 9.79. The summed E-state index contributed by atoms with van der Waals surface area (Å²) in [5.74, 6) is 0.437. The zero-order valence-electron chi connectivity index (χ0n) is 20.6. The Balaban J connectivity index is 1.32. The highest BCUT2D eigenvalue weighted by atomic mass is 32.1. The first-order valence-electron chi connectivity index (χ1n) is 12.2. The van der Waals surface area contributed by atoms with E-state index in [1.807, 2.05) is 101 Å². The van der Waals surface area contributed by atoms with E-state index in [-0.39, 0.29) is 5.91 Å². The smallest absolute Gasteiger partial charge is 0.228 e. The molecule has 0 saturated heterocycles. The average molecular weight is 517 g/mol. The van der Waals surface area contributed by atoms with E-state index in [4.69, 9.17) is 9.97 Å². The maximum absolute atomic E-state index is 12.7. The minimum atomic E-state index is -0.0676. The van der Waals surface area contributed by atoms with Crippen molar-refractivity contribution in [3.63, 3.8) is 0 Å². The molecule has 0 aliphatic heterocycles. The fourth-order valence-electron chi connectivity index (χ4n) is 4.28. The number of aryl methyl sites for hydroxylation is 1. The first kappa shape index (κ1) is 23.6. The molecule has 0 fully saturated rings. The van der Waals surface area contributed by atoms with Gasteiger partial charge in [-0.25, -0.2) is 15.0 Å². The fraction of sp³-hybridized carbons (Fsp3) is 0.0667. The van der Waals surface area contributed by atoms with Gasteiger partial charge in [-0.15, -0.1) is 11.3 Å². The number of benzene rings is 3. The van der Waals surface area contributed by atoms with Crippen molar-refractivity contribution in [3.8, 4) is 22.6 Å². The van der Waals surface area contributed by atoms with E-state index < -0.39 is 0 Å². The average Bonchev–Trinajstić information content (AvgIpc) is 3.53. The van der Waals surface area contributed by atoms with E-state index in [0.717, 1.165) is 44.5 Å². The van der Waals surface area contributed by atoms with Crippen LogP contribution in [0, 0.1) is 6.92 Å². The molecular formula is C30H24N6OS. The normalized spacial score (nSPS) is 11.0. The van der Waals surface area contributed by atoms with Gasteiger partial charge in [-0.3, -0.25) is 9.20 Å². The van der Waals surface area contributed by atoms with Crippen LogP contribution in [0.25, 0.3) is 27.6 Å². The van der Waals surface area contributed by atoms with Gasteiger partial charge in [-0.2, -0.15) is 0 Å². The molecule has 0 radical (unpaired) electrons. The van der Waals surface area contributed by atoms with Crippen molar-refractivity contribution in [1.29, 1.82) is 0 Å². The number of hydrogen-bond donors (Lipinski definition) is 2. The van der Waals surface area contributed by atoms with Gasteiger partial charge in [0.15, 0.2) is 4.96 Å². The third-order valence-corrected chi connectivity index (χ3v) is 6.85. The second kappa shape index (κ2) is 10.3. The molecule has 38 heavy (non-hydrogen) atoms. The van der Waals surface area contributed by atoms with Gasteiger partial charge in [-0.1, -0.05) is 60.2 Å². The zero-order valence-corrected chi connectivity index (χ0v) is 21.4. The largest absolute Gasteiger partial charge is 0.326 e. The molecule has 2 N–H and O–H groups in total. The fourth-order valence-corrected chi connectivity index (χ4v) is 4.99. The number of fused-ring (bicyclic) bond motifs is 1. The van der Waals surface area contributed by atoms with Gasteiger partial charge in [-0.05, 0) is 42.8 Å². The predicted molar refractivity (Wildman–Crippen MR) is 153 cm³/mol. The molecule has 0 bridgehead atoms. The number of carbonyl (C=O) groups is 1. The van der Waals surface area contributed by atoms with Gasteiger partial charge < -0.3 is 10.6 Å². The molecule has 6 rings (SSSR count). The molecule has 0 atom stereocenters. The third-order valence-electron chi connectivity index (χ3n) is 6.10. The topological polar surface area (TPSA) is 84.2 Å². The second-order valence-electron chi connectivity index (χ2n) is 8.91. The molecule has 0 unspecified atom stereocenters. The minimum Gasteiger partial charge on any atom is -0.326 e. The third kappa shape index (κ3) is 5.02. The van der Waals surface area contributed by atoms with Crippen molar-refractivity contribution in [1.82, 2.24) is 19.4 Å². The molecule has 7 nitrogen and oxygen atoms in total. The number of rotatable bonds is 7. The highest BCUT2D eigenvalue weighted by molar-refractivity contribution is 7.15. The summed E-state index contributed by atoms with van der Waals surface area (Å²) in [6.45, 7) is 2.05. The van der Waals surface area contributed by atoms with E-state index >= 15 is 0 Å². The Kier molecular flexibility index (Phi) is 6.37. The molecule has 186 valence electrons. The number of aromatic nitrogens is 4. The Bertz CT molecular complexity index is 1720. The Labute approximate surface area is 223 Å². The summed E-state index contributed by atoms with van der Waals surface area (Å²) in [5, 5.41) is 8.31. The lowest BCUT2D eigenvalue weighted by Gasteiger charge is -2.10. The van der Waals surface area contributed by atoms with E-state index in [9.17, 15) is 4.79 Å². The van der Waals surface area contributed by atoms with E-state index in [2.05, 4.69) is 22.5 Å². The van der Waals surface area contributed by atoms with Crippen LogP contribution in [0.5, 0.6) is 0 Å². The number of hydrogen-bond acceptors (Lipinski definition) is 6. The molecule has 0 aliphatic carbocycles. The number of carbonyl (C=O) groups excluding carboxylic acids is 1. The van der Waals surface area contributed by atoms with Crippen LogP contribution in [-0.2, 0) is 11.2 Å². The van der Waals surface area contributed by atoms with Crippen LogP contribution in [-0.4, -0.2) is 25.3 Å². The first-order chi connectivity index (χ1) is 18.6. The Hall–Kier alpha value is -4.82. The van der Waals surface area contributed by atoms with Crippen LogP contribution in [0.2, 0.25) is 0 Å². The number of anilines is 3. The van der Waals surface area contributed by atoms with Crippen molar-refractivity contribution in [2.75, 3.05) is 10.6 Å². The van der Waals surface area contributed by atoms with Gasteiger partial charge in [0.25, 0.3) is 0 Å². The summed E-state index contributed by atoms with van der Waals surface area (Å²) in [4.78, 5) is 27.7. The van der Waals surface area contributed by atoms with Crippen LogP contribution in [0.1, 0.15) is 11.1 Å². The van der Waals surface area contributed by atoms with Gasteiger partial charge in [0, 0.05) is 34.7 Å². The highest BCUT2D eigenvalue weighted by Crippen LogP contribution is 2.34. The number of nitrogens with one attached hydrogen (secondary N) is 2. The number of imidazole rings is 1. The number of thiazole rings is 1. The van der Waals surface area contributed by atoms with Gasteiger partial charge in [0.1, 0.15) is 5.69 Å². The van der Waals surface area contributed by atoms with Gasteiger partial charge >= 0.3 is 0 Å². The van der Waals surface area contributed by atoms with E-state index in [1.54, 1.807) is 17.5 Å². The lowest BCUT2D eigenvalue weighted by atomic mass is 10.1. The van der Waals surface area contributed by atoms with Crippen molar-refractivity contribution < 1.29 is 4.79 Å². The lowest BCUT2D eigenvalue weighted by Crippen LogP contribution is -2.14. The van der Waals surface area contributed by atoms with E-state index in [1.165, 1.54) is 5.56 Å². The predicted octanol–water partition coefficient (Wildman–Crippen LogP) is 6.75. The number of amides is 1. The summed E-state index contributed by atoms with van der Waals surface area (Å²) in [6, 6.07) is 27.4. The Morgan fingerprint density at radius 3 is 2.61 bits per heavy atom. The maximum atomic E-state index is 12.7. The molecule has 6 aromatic rings. The van der Waals surface area contributed by atoms with Crippen molar-refractivity contribution in [2.24, 2.45) is 0 Å². The standard InChI is InChI=1S/C30H24N6OS/c1-20-10-12-23(13-11-20)33-29-31-15-14-25(34-29)28-27(35-30-36(28)16-17-38-30)22-8-5-9-24(19-22)32-26(37)18-21-6-3-2-4-7-21/h2-17,19H,18H2,1H3,(H,32,37)(H,31,33,34). The monoisotopic (exact) mass is 516 g/mol. The summed E-state index contributed by atoms with van der Waals surface area (Å²) >= 11 is 1.56. The Morgan fingerprint density at radius 2 is 1.76 bits per heavy atom. The first-order valence-corrected chi connectivity index (χ1v) is 13.1. The van der Waals surface area contributed by atoms with Gasteiger partial charge in [0.2, 0.25) is 11.9 Å². The summed E-state index contributed by atoms with van der Waals surface area (Å²) in [5.41, 5.74) is 7.08. The van der Waals surface area contributed by atoms with Crippen molar-refractivity contribution in [3.05, 3.63) is 114 Å². The molecule has 3 aromatic carbocycles. The molecule has 0 aliphatic rings. The summed E-state index contributed by atoms with van der Waals surface area (Å²) < 4.78 is 2.04. The highest BCUT2D eigenvalue weighted by Gasteiger charge is 2.19. The number of nitrogens with zero attached hydrogens (tertiary/aromatic N) is 4.